The Balaban J connectivity index is 1.49. The van der Waals surface area contributed by atoms with E-state index in [4.69, 9.17) is 16.2 Å². The number of hydrogen-bond donors (Lipinski definition) is 5. The van der Waals surface area contributed by atoms with E-state index in [0.29, 0.717) is 39.1 Å². The van der Waals surface area contributed by atoms with E-state index in [1.807, 2.05) is 18.2 Å². The van der Waals surface area contributed by atoms with Gasteiger partial charge in [-0.05, 0) is 71.6 Å². The van der Waals surface area contributed by atoms with Gasteiger partial charge in [-0.1, -0.05) is 42.5 Å². The zero-order valence-corrected chi connectivity index (χ0v) is 23.7. The van der Waals surface area contributed by atoms with Crippen molar-refractivity contribution in [1.82, 2.24) is 14.7 Å². The zero-order chi connectivity index (χ0) is 30.7. The molecule has 43 heavy (non-hydrogen) atoms. The highest BCUT2D eigenvalue weighted by Crippen LogP contribution is 2.33. The lowest BCUT2D eigenvalue weighted by molar-refractivity contribution is -0.138. The Bertz CT molecular complexity index is 1890. The highest BCUT2D eigenvalue weighted by molar-refractivity contribution is 7.89. The van der Waals surface area contributed by atoms with Gasteiger partial charge in [0.1, 0.15) is 16.7 Å². The van der Waals surface area contributed by atoms with Gasteiger partial charge in [-0.25, -0.2) is 23.1 Å². The van der Waals surface area contributed by atoms with Crippen LogP contribution < -0.4 is 25.8 Å². The first kappa shape index (κ1) is 29.1. The first-order chi connectivity index (χ1) is 20.6. The van der Waals surface area contributed by atoms with Gasteiger partial charge in [-0.3, -0.25) is 4.79 Å². The van der Waals surface area contributed by atoms with Gasteiger partial charge in [-0.15, -0.1) is 0 Å². The molecule has 220 valence electrons. The topological polar surface area (TPSA) is 194 Å². The number of sulfonamides is 1. The average molecular weight is 601 g/mol. The molecule has 0 bridgehead atoms. The van der Waals surface area contributed by atoms with E-state index < -0.39 is 28.1 Å². The molecule has 0 aliphatic carbocycles. The molecule has 0 fully saturated rings. The number of primary amides is 1. The number of para-hydroxylation sites is 2. The van der Waals surface area contributed by atoms with Crippen molar-refractivity contribution in [3.8, 4) is 16.9 Å². The summed E-state index contributed by atoms with van der Waals surface area (Å²) < 4.78 is 34.7. The van der Waals surface area contributed by atoms with Crippen LogP contribution >= 0.6 is 0 Å². The van der Waals surface area contributed by atoms with Crippen molar-refractivity contribution in [2.45, 2.75) is 17.4 Å². The Labute approximate surface area is 247 Å². The van der Waals surface area contributed by atoms with Crippen molar-refractivity contribution >= 4 is 50.4 Å². The normalized spacial score (nSPS) is 12.1. The molecule has 0 radical (unpaired) electrons. The first-order valence-corrected chi connectivity index (χ1v) is 14.5. The number of nitrogens with zero attached hydrogens (tertiary/aromatic N) is 2. The third-order valence-corrected chi connectivity index (χ3v) is 8.21. The number of anilines is 3. The number of carbonyl (C=O) groups is 2. The molecule has 5 rings (SSSR count). The number of carbonyl (C=O) groups excluding carboxylic acids is 1. The van der Waals surface area contributed by atoms with Crippen molar-refractivity contribution in [1.29, 1.82) is 0 Å². The van der Waals surface area contributed by atoms with Crippen LogP contribution in [0.5, 0.6) is 5.75 Å². The third kappa shape index (κ3) is 6.27. The van der Waals surface area contributed by atoms with Crippen LogP contribution in [0.25, 0.3) is 22.2 Å². The maximum atomic E-state index is 13.5. The minimum absolute atomic E-state index is 0.0186. The summed E-state index contributed by atoms with van der Waals surface area (Å²) in [5.74, 6) is -1.11. The Hall–Kier alpha value is -5.40. The van der Waals surface area contributed by atoms with Gasteiger partial charge in [0.15, 0.2) is 0 Å². The van der Waals surface area contributed by atoms with Gasteiger partial charge in [0.05, 0.1) is 23.8 Å². The number of fused-ring (bicyclic) bond motifs is 1. The van der Waals surface area contributed by atoms with E-state index in [-0.39, 0.29) is 23.0 Å². The summed E-state index contributed by atoms with van der Waals surface area (Å²) in [7, 11) is -3.07. The lowest BCUT2D eigenvalue weighted by atomic mass is 10.0. The van der Waals surface area contributed by atoms with Crippen LogP contribution in [0.2, 0.25) is 0 Å². The number of methoxy groups -OCH3 is 1. The predicted octanol–water partition coefficient (Wildman–Crippen LogP) is 4.01. The number of carboxylic acid groups (broad SMARTS) is 1. The molecule has 1 heterocycles. The van der Waals surface area contributed by atoms with Crippen LogP contribution in [-0.4, -0.2) is 48.6 Å². The van der Waals surface area contributed by atoms with Crippen LogP contribution in [0.4, 0.5) is 22.1 Å². The van der Waals surface area contributed by atoms with Crippen molar-refractivity contribution in [2.24, 2.45) is 5.73 Å². The Morgan fingerprint density at radius 3 is 2.40 bits per heavy atom. The summed E-state index contributed by atoms with van der Waals surface area (Å²) in [5, 5.41) is 9.79. The number of amides is 2. The molecule has 0 aliphatic rings. The third-order valence-electron chi connectivity index (χ3n) is 6.71. The van der Waals surface area contributed by atoms with Gasteiger partial charge in [0.25, 0.3) is 0 Å². The van der Waals surface area contributed by atoms with E-state index >= 15 is 0 Å². The van der Waals surface area contributed by atoms with E-state index in [9.17, 15) is 23.1 Å². The lowest BCUT2D eigenvalue weighted by Gasteiger charge is -2.19. The average Bonchev–Trinajstić information content (AvgIpc) is 3.41. The Morgan fingerprint density at radius 2 is 1.72 bits per heavy atom. The van der Waals surface area contributed by atoms with E-state index in [1.165, 1.54) is 24.1 Å². The van der Waals surface area contributed by atoms with Crippen molar-refractivity contribution in [3.63, 3.8) is 0 Å². The Morgan fingerprint density at radius 1 is 1.00 bits per heavy atom. The number of aromatic amines is 1. The number of aromatic nitrogens is 2. The molecule has 2 amide bonds. The number of hydrogen-bond acceptors (Lipinski definition) is 7. The van der Waals surface area contributed by atoms with Gasteiger partial charge < -0.3 is 26.3 Å². The van der Waals surface area contributed by atoms with Gasteiger partial charge >= 0.3 is 12.0 Å². The molecule has 5 aromatic rings. The smallest absolute Gasteiger partial charge is 0.326 e. The molecular weight excluding hydrogens is 572 g/mol. The van der Waals surface area contributed by atoms with Crippen LogP contribution in [-0.2, 0) is 21.2 Å². The summed E-state index contributed by atoms with van der Waals surface area (Å²) in [5.41, 5.74) is 15.3. The monoisotopic (exact) mass is 600 g/mol. The highest BCUT2D eigenvalue weighted by atomic mass is 32.2. The van der Waals surface area contributed by atoms with Crippen molar-refractivity contribution < 1.29 is 27.9 Å². The predicted molar refractivity (Wildman–Crippen MR) is 163 cm³/mol. The number of aliphatic carboxylic acids is 1. The summed E-state index contributed by atoms with van der Waals surface area (Å²) in [4.78, 5) is 33.1. The number of rotatable bonds is 10. The number of nitrogens with two attached hydrogens (primary N) is 2. The fourth-order valence-corrected chi connectivity index (χ4v) is 5.99. The summed E-state index contributed by atoms with van der Waals surface area (Å²) in [6.07, 6.45) is -0.108. The number of urea groups is 1. The lowest BCUT2D eigenvalue weighted by Crippen LogP contribution is -2.42. The van der Waals surface area contributed by atoms with Gasteiger partial charge in [0.2, 0.25) is 16.0 Å². The molecule has 1 aromatic heterocycles. The molecule has 0 saturated heterocycles. The van der Waals surface area contributed by atoms with Crippen molar-refractivity contribution in [2.75, 3.05) is 17.7 Å². The summed E-state index contributed by atoms with van der Waals surface area (Å²) in [6.45, 7) is 0. The standard InChI is InChI=1S/C30H28N6O6S/c1-42-26-14-11-20(17-27(26)43(40,41)35-25(28(37)38)15-18-9-12-21(31)13-10-18)19-5-4-6-22(16-19)36(29(32)39)30-33-23-7-2-3-8-24(23)34-30/h2-14,16-17,25,35H,15,31H2,1H3,(H2,32,39)(H,33,34)(H,37,38). The minimum atomic E-state index is -4.38. The second-order valence-electron chi connectivity index (χ2n) is 9.62. The molecule has 12 nitrogen and oxygen atoms in total. The zero-order valence-electron chi connectivity index (χ0n) is 22.9. The molecule has 1 unspecified atom stereocenters. The number of nitrogen functional groups attached to an aromatic ring is 1. The number of nitrogens with one attached hydrogen (secondary N) is 2. The number of carboxylic acids is 1. The number of benzene rings is 4. The first-order valence-electron chi connectivity index (χ1n) is 13.0. The minimum Gasteiger partial charge on any atom is -0.495 e. The van der Waals surface area contributed by atoms with E-state index in [2.05, 4.69) is 14.7 Å². The molecule has 13 heteroatoms. The molecule has 1 atom stereocenters. The highest BCUT2D eigenvalue weighted by Gasteiger charge is 2.29. The number of ether oxygens (including phenoxy) is 1. The fourth-order valence-electron chi connectivity index (χ4n) is 4.61. The number of H-pyrrole nitrogens is 1. The van der Waals surface area contributed by atoms with Gasteiger partial charge in [0, 0.05) is 5.69 Å². The van der Waals surface area contributed by atoms with E-state index in [1.54, 1.807) is 60.7 Å². The molecule has 7 N–H and O–H groups in total. The second kappa shape index (κ2) is 11.8. The van der Waals surface area contributed by atoms with Crippen LogP contribution in [0, 0.1) is 0 Å². The maximum Gasteiger partial charge on any atom is 0.326 e. The molecular formula is C30H28N6O6S. The second-order valence-corrected chi connectivity index (χ2v) is 11.3. The van der Waals surface area contributed by atoms with Crippen LogP contribution in [0.3, 0.4) is 0 Å². The SMILES string of the molecule is COc1ccc(-c2cccc(N(C(N)=O)c3nc4ccccc4[nH]3)c2)cc1S(=O)(=O)NC(Cc1ccc(N)cc1)C(=O)O. The van der Waals surface area contributed by atoms with Crippen LogP contribution in [0.15, 0.2) is 95.9 Å². The van der Waals surface area contributed by atoms with Crippen molar-refractivity contribution in [3.05, 3.63) is 96.6 Å². The Kier molecular flexibility index (Phi) is 8.01. The van der Waals surface area contributed by atoms with E-state index in [0.717, 1.165) is 0 Å². The van der Waals surface area contributed by atoms with Crippen LogP contribution in [0.1, 0.15) is 5.56 Å². The molecule has 4 aromatic carbocycles. The largest absolute Gasteiger partial charge is 0.495 e. The van der Waals surface area contributed by atoms with Gasteiger partial charge in [-0.2, -0.15) is 4.72 Å². The fraction of sp³-hybridized carbons (Fsp3) is 0.100. The maximum absolute atomic E-state index is 13.5. The summed E-state index contributed by atoms with van der Waals surface area (Å²) in [6, 6.07) is 22.7. The quantitative estimate of drug-likeness (QED) is 0.148. The summed E-state index contributed by atoms with van der Waals surface area (Å²) >= 11 is 0. The molecule has 0 saturated carbocycles. The molecule has 0 aliphatic heterocycles. The number of imidazole rings is 1. The molecule has 0 spiro atoms.